The number of anilines is 1. The van der Waals surface area contributed by atoms with Crippen LogP contribution in [0, 0.1) is 16.0 Å². The first-order valence-corrected chi connectivity index (χ1v) is 9.10. The third-order valence-electron chi connectivity index (χ3n) is 4.34. The summed E-state index contributed by atoms with van der Waals surface area (Å²) >= 11 is 0. The first-order chi connectivity index (χ1) is 13.2. The lowest BCUT2D eigenvalue weighted by molar-refractivity contribution is -0.384. The molecular formula is C21H25N3O4. The van der Waals surface area contributed by atoms with Crippen LogP contribution in [0.25, 0.3) is 0 Å². The molecule has 0 saturated heterocycles. The smallest absolute Gasteiger partial charge is 0.293 e. The average molecular weight is 383 g/mol. The molecule has 0 heterocycles. The number of nitro benzene ring substituents is 1. The lowest BCUT2D eigenvalue weighted by Gasteiger charge is -2.14. The first kappa shape index (κ1) is 21.1. The van der Waals surface area contributed by atoms with Crippen molar-refractivity contribution in [3.8, 4) is 0 Å². The Bertz CT molecular complexity index is 891. The van der Waals surface area contributed by atoms with Crippen molar-refractivity contribution in [1.29, 1.82) is 0 Å². The molecule has 0 aliphatic rings. The normalized spacial score (nSPS) is 10.6. The highest BCUT2D eigenvalue weighted by Gasteiger charge is 2.22. The lowest BCUT2D eigenvalue weighted by atomic mass is 9.97. The Labute approximate surface area is 164 Å². The van der Waals surface area contributed by atoms with Gasteiger partial charge in [-0.2, -0.15) is 0 Å². The van der Waals surface area contributed by atoms with E-state index in [1.165, 1.54) is 18.2 Å². The number of ketones is 1. The van der Waals surface area contributed by atoms with E-state index in [2.05, 4.69) is 19.2 Å². The van der Waals surface area contributed by atoms with Gasteiger partial charge in [0.15, 0.2) is 5.78 Å². The highest BCUT2D eigenvalue weighted by molar-refractivity contribution is 6.15. The van der Waals surface area contributed by atoms with Gasteiger partial charge in [-0.1, -0.05) is 32.0 Å². The minimum atomic E-state index is -0.517. The maximum absolute atomic E-state index is 13.0. The molecule has 0 fully saturated rings. The summed E-state index contributed by atoms with van der Waals surface area (Å²) in [6.45, 7) is 4.64. The molecule has 7 nitrogen and oxygen atoms in total. The zero-order chi connectivity index (χ0) is 20.8. The Morgan fingerprint density at radius 2 is 1.75 bits per heavy atom. The highest BCUT2D eigenvalue weighted by Crippen LogP contribution is 2.29. The van der Waals surface area contributed by atoms with Crippen molar-refractivity contribution >= 4 is 23.1 Å². The molecular weight excluding hydrogens is 358 g/mol. The summed E-state index contributed by atoms with van der Waals surface area (Å²) in [4.78, 5) is 38.0. The van der Waals surface area contributed by atoms with Gasteiger partial charge in [0.2, 0.25) is 0 Å². The Morgan fingerprint density at radius 3 is 2.32 bits per heavy atom. The van der Waals surface area contributed by atoms with Gasteiger partial charge in [0.25, 0.3) is 11.6 Å². The van der Waals surface area contributed by atoms with Crippen LogP contribution in [0.4, 0.5) is 11.4 Å². The topological polar surface area (TPSA) is 92.6 Å². The summed E-state index contributed by atoms with van der Waals surface area (Å²) in [5, 5.41) is 14.2. The molecule has 148 valence electrons. The monoisotopic (exact) mass is 383 g/mol. The minimum absolute atomic E-state index is 0.158. The number of benzene rings is 2. The second kappa shape index (κ2) is 9.12. The molecule has 1 N–H and O–H groups in total. The lowest BCUT2D eigenvalue weighted by Crippen LogP contribution is -2.27. The SMILES string of the molecule is CC(C)CCNC(=O)c1ccccc1C(=O)c1ccc(N(C)C)c([N+](=O)[O-])c1. The van der Waals surface area contributed by atoms with Gasteiger partial charge in [-0.05, 0) is 30.5 Å². The van der Waals surface area contributed by atoms with Crippen LogP contribution in [-0.2, 0) is 0 Å². The van der Waals surface area contributed by atoms with Crippen molar-refractivity contribution in [3.05, 3.63) is 69.3 Å². The van der Waals surface area contributed by atoms with Crippen LogP contribution in [0.15, 0.2) is 42.5 Å². The highest BCUT2D eigenvalue weighted by atomic mass is 16.6. The number of carbonyl (C=O) groups excluding carboxylic acids is 2. The number of nitrogens with zero attached hydrogens (tertiary/aromatic N) is 2. The first-order valence-electron chi connectivity index (χ1n) is 9.10. The third-order valence-corrected chi connectivity index (χ3v) is 4.34. The molecule has 0 atom stereocenters. The van der Waals surface area contributed by atoms with E-state index in [-0.39, 0.29) is 28.3 Å². The molecule has 2 aromatic rings. The number of rotatable bonds is 8. The van der Waals surface area contributed by atoms with E-state index in [1.807, 2.05) is 0 Å². The molecule has 2 aromatic carbocycles. The predicted molar refractivity (Wildman–Crippen MR) is 109 cm³/mol. The molecule has 0 aliphatic heterocycles. The third kappa shape index (κ3) is 4.94. The fraction of sp³-hybridized carbons (Fsp3) is 0.333. The van der Waals surface area contributed by atoms with Crippen LogP contribution in [0.1, 0.15) is 46.5 Å². The van der Waals surface area contributed by atoms with E-state index in [4.69, 9.17) is 0 Å². The largest absolute Gasteiger partial charge is 0.372 e. The molecule has 0 aliphatic carbocycles. The molecule has 7 heteroatoms. The van der Waals surface area contributed by atoms with Gasteiger partial charge in [-0.25, -0.2) is 0 Å². The second-order valence-corrected chi connectivity index (χ2v) is 7.17. The number of hydrogen-bond acceptors (Lipinski definition) is 5. The van der Waals surface area contributed by atoms with Crippen molar-refractivity contribution in [2.75, 3.05) is 25.5 Å². The molecule has 0 saturated carbocycles. The van der Waals surface area contributed by atoms with Crippen LogP contribution in [0.5, 0.6) is 0 Å². The van der Waals surface area contributed by atoms with Crippen molar-refractivity contribution in [1.82, 2.24) is 5.32 Å². The van der Waals surface area contributed by atoms with E-state index in [0.717, 1.165) is 6.42 Å². The maximum atomic E-state index is 13.0. The van der Waals surface area contributed by atoms with Gasteiger partial charge in [-0.3, -0.25) is 19.7 Å². The number of carbonyl (C=O) groups is 2. The molecule has 2 rings (SSSR count). The van der Waals surface area contributed by atoms with Crippen LogP contribution in [-0.4, -0.2) is 37.3 Å². The van der Waals surface area contributed by atoms with Gasteiger partial charge in [0.05, 0.1) is 10.5 Å². The average Bonchev–Trinajstić information content (AvgIpc) is 2.66. The Morgan fingerprint density at radius 1 is 1.11 bits per heavy atom. The Kier molecular flexibility index (Phi) is 6.87. The summed E-state index contributed by atoms with van der Waals surface area (Å²) in [5.74, 6) is -0.306. The number of hydrogen-bond donors (Lipinski definition) is 1. The van der Waals surface area contributed by atoms with Crippen LogP contribution in [0.3, 0.4) is 0 Å². The molecule has 0 unspecified atom stereocenters. The van der Waals surface area contributed by atoms with Gasteiger partial charge >= 0.3 is 0 Å². The van der Waals surface area contributed by atoms with E-state index in [1.54, 1.807) is 43.3 Å². The van der Waals surface area contributed by atoms with E-state index >= 15 is 0 Å². The fourth-order valence-electron chi connectivity index (χ4n) is 2.79. The standard InChI is InChI=1S/C21H25N3O4/c1-14(2)11-12-22-21(26)17-8-6-5-7-16(17)20(25)15-9-10-18(23(3)4)19(13-15)24(27)28/h5-10,13-14H,11-12H2,1-4H3,(H,22,26). The van der Waals surface area contributed by atoms with Gasteiger partial charge in [0, 0.05) is 37.8 Å². The Balaban J connectivity index is 2.36. The predicted octanol–water partition coefficient (Wildman–Crippen LogP) is 3.67. The number of nitro groups is 1. The molecule has 1 amide bonds. The van der Waals surface area contributed by atoms with Crippen molar-refractivity contribution in [2.45, 2.75) is 20.3 Å². The Hall–Kier alpha value is -3.22. The maximum Gasteiger partial charge on any atom is 0.293 e. The van der Waals surface area contributed by atoms with Crippen LogP contribution >= 0.6 is 0 Å². The summed E-state index contributed by atoms with van der Waals surface area (Å²) in [6, 6.07) is 10.8. The van der Waals surface area contributed by atoms with Crippen molar-refractivity contribution in [2.24, 2.45) is 5.92 Å². The zero-order valence-corrected chi connectivity index (χ0v) is 16.6. The number of nitrogens with one attached hydrogen (secondary N) is 1. The van der Waals surface area contributed by atoms with Crippen molar-refractivity contribution < 1.29 is 14.5 Å². The number of amides is 1. The minimum Gasteiger partial charge on any atom is -0.372 e. The molecule has 28 heavy (non-hydrogen) atoms. The summed E-state index contributed by atoms with van der Waals surface area (Å²) in [6.07, 6.45) is 0.833. The molecule has 0 spiro atoms. The van der Waals surface area contributed by atoms with E-state index in [9.17, 15) is 19.7 Å². The van der Waals surface area contributed by atoms with Crippen molar-refractivity contribution in [3.63, 3.8) is 0 Å². The molecule has 0 radical (unpaired) electrons. The summed E-state index contributed by atoms with van der Waals surface area (Å²) in [7, 11) is 3.39. The van der Waals surface area contributed by atoms with E-state index in [0.29, 0.717) is 18.2 Å². The fourth-order valence-corrected chi connectivity index (χ4v) is 2.79. The quantitative estimate of drug-likeness (QED) is 0.426. The van der Waals surface area contributed by atoms with E-state index < -0.39 is 10.7 Å². The van der Waals surface area contributed by atoms with Gasteiger partial charge in [0.1, 0.15) is 5.69 Å². The van der Waals surface area contributed by atoms with Crippen LogP contribution < -0.4 is 10.2 Å². The second-order valence-electron chi connectivity index (χ2n) is 7.17. The van der Waals surface area contributed by atoms with Gasteiger partial charge in [-0.15, -0.1) is 0 Å². The molecule has 0 aromatic heterocycles. The molecule has 0 bridgehead atoms. The zero-order valence-electron chi connectivity index (χ0n) is 16.6. The van der Waals surface area contributed by atoms with Crippen LogP contribution in [0.2, 0.25) is 0 Å². The van der Waals surface area contributed by atoms with Gasteiger partial charge < -0.3 is 10.2 Å². The summed E-state index contributed by atoms with van der Waals surface area (Å²) < 4.78 is 0. The summed E-state index contributed by atoms with van der Waals surface area (Å²) in [5.41, 5.74) is 0.891.